The fourth-order valence-electron chi connectivity index (χ4n) is 3.06. The van der Waals surface area contributed by atoms with Gasteiger partial charge in [0.1, 0.15) is 0 Å². The van der Waals surface area contributed by atoms with E-state index in [-0.39, 0.29) is 17.3 Å². The molecule has 1 N–H and O–H groups in total. The maximum atomic E-state index is 13.0. The third-order valence-electron chi connectivity index (χ3n) is 4.16. The number of hydrogen-bond acceptors (Lipinski definition) is 2. The number of allylic oxidation sites excluding steroid dienone is 1. The molecule has 5 heteroatoms. The lowest BCUT2D eigenvalue weighted by Crippen LogP contribution is -2.43. The smallest absolute Gasteiger partial charge is 0.381 e. The van der Waals surface area contributed by atoms with Gasteiger partial charge in [-0.05, 0) is 37.0 Å². The Morgan fingerprint density at radius 1 is 1.30 bits per heavy atom. The molecule has 104 valence electrons. The molecule has 0 aliphatic heterocycles. The predicted octanol–water partition coefficient (Wildman–Crippen LogP) is 3.95. The fraction of sp³-hybridized carbons (Fsp3) is 0.400. The Bertz CT molecular complexity index is 598. The first-order valence-electron chi connectivity index (χ1n) is 6.53. The Hall–Kier alpha value is -1.96. The molecular weight excluding hydrogens is 265 g/mol. The zero-order valence-corrected chi connectivity index (χ0v) is 10.6. The van der Waals surface area contributed by atoms with Crippen LogP contribution in [0.4, 0.5) is 18.9 Å². The highest BCUT2D eigenvalue weighted by molar-refractivity contribution is 5.57. The van der Waals surface area contributed by atoms with Gasteiger partial charge in [0.2, 0.25) is 0 Å². The minimum atomic E-state index is -4.45. The molecule has 0 spiro atoms. The lowest BCUT2D eigenvalue weighted by Gasteiger charge is -2.41. The third-order valence-corrected chi connectivity index (χ3v) is 4.16. The lowest BCUT2D eigenvalue weighted by atomic mass is 9.71. The highest BCUT2D eigenvalue weighted by Crippen LogP contribution is 2.45. The molecule has 20 heavy (non-hydrogen) atoms. The molecule has 1 aromatic carbocycles. The number of rotatable bonds is 2. The number of benzene rings is 1. The second-order valence-corrected chi connectivity index (χ2v) is 5.36. The molecule has 3 unspecified atom stereocenters. The predicted molar refractivity (Wildman–Crippen MR) is 68.9 cm³/mol. The summed E-state index contributed by atoms with van der Waals surface area (Å²) in [7, 11) is 0. The van der Waals surface area contributed by atoms with E-state index in [0.717, 1.165) is 18.9 Å². The van der Waals surface area contributed by atoms with E-state index in [9.17, 15) is 13.2 Å². The Balaban J connectivity index is 1.86. The van der Waals surface area contributed by atoms with E-state index in [2.05, 4.69) is 17.5 Å². The van der Waals surface area contributed by atoms with Gasteiger partial charge in [0, 0.05) is 17.6 Å². The number of hydrogen-bond donors (Lipinski definition) is 1. The number of nitriles is 1. The summed E-state index contributed by atoms with van der Waals surface area (Å²) in [5.74, 6) is 0.923. The average molecular weight is 278 g/mol. The molecule has 1 aromatic rings. The number of fused-ring (bicyclic) bond motifs is 1. The van der Waals surface area contributed by atoms with Crippen molar-refractivity contribution in [1.82, 2.24) is 0 Å². The van der Waals surface area contributed by atoms with Crippen LogP contribution >= 0.6 is 0 Å². The highest BCUT2D eigenvalue weighted by atomic mass is 19.4. The fourth-order valence-corrected chi connectivity index (χ4v) is 3.06. The van der Waals surface area contributed by atoms with E-state index in [0.29, 0.717) is 11.8 Å². The molecule has 3 rings (SSSR count). The second kappa shape index (κ2) is 4.55. The first-order chi connectivity index (χ1) is 9.49. The van der Waals surface area contributed by atoms with E-state index < -0.39 is 11.7 Å². The van der Waals surface area contributed by atoms with E-state index in [1.807, 2.05) is 0 Å². The summed E-state index contributed by atoms with van der Waals surface area (Å²) in [6, 6.07) is 5.48. The van der Waals surface area contributed by atoms with Crippen molar-refractivity contribution >= 4 is 5.69 Å². The summed E-state index contributed by atoms with van der Waals surface area (Å²) in [6.45, 7) is 0. The molecule has 0 amide bonds. The minimum absolute atomic E-state index is 0.0233. The monoisotopic (exact) mass is 278 g/mol. The topological polar surface area (TPSA) is 35.8 Å². The van der Waals surface area contributed by atoms with E-state index in [1.165, 1.54) is 12.1 Å². The van der Waals surface area contributed by atoms with Crippen molar-refractivity contribution in [3.63, 3.8) is 0 Å². The summed E-state index contributed by atoms with van der Waals surface area (Å²) in [6.07, 6.45) is 1.66. The summed E-state index contributed by atoms with van der Waals surface area (Å²) >= 11 is 0. The molecule has 1 fully saturated rings. The highest BCUT2D eigenvalue weighted by Gasteiger charge is 2.42. The van der Waals surface area contributed by atoms with Crippen molar-refractivity contribution < 1.29 is 13.2 Å². The van der Waals surface area contributed by atoms with Crippen LogP contribution in [0.5, 0.6) is 0 Å². The Kier molecular flexibility index (Phi) is 2.97. The molecular formula is C15H13F3N2. The number of anilines is 1. The van der Waals surface area contributed by atoms with Crippen LogP contribution in [0.1, 0.15) is 24.0 Å². The zero-order valence-electron chi connectivity index (χ0n) is 10.6. The molecule has 1 saturated carbocycles. The van der Waals surface area contributed by atoms with Gasteiger partial charge >= 0.3 is 6.18 Å². The lowest BCUT2D eigenvalue weighted by molar-refractivity contribution is -0.137. The van der Waals surface area contributed by atoms with Crippen LogP contribution in [0, 0.1) is 23.2 Å². The Morgan fingerprint density at radius 2 is 2.10 bits per heavy atom. The first-order valence-corrected chi connectivity index (χ1v) is 6.53. The van der Waals surface area contributed by atoms with Gasteiger partial charge in [0.15, 0.2) is 0 Å². The van der Waals surface area contributed by atoms with Crippen LogP contribution in [-0.2, 0) is 6.18 Å². The zero-order chi connectivity index (χ0) is 14.3. The molecule has 2 nitrogen and oxygen atoms in total. The van der Waals surface area contributed by atoms with Crippen LogP contribution in [0.15, 0.2) is 30.4 Å². The van der Waals surface area contributed by atoms with Gasteiger partial charge in [-0.1, -0.05) is 12.2 Å². The van der Waals surface area contributed by atoms with Crippen molar-refractivity contribution in [2.75, 3.05) is 5.32 Å². The number of alkyl halides is 3. The van der Waals surface area contributed by atoms with Gasteiger partial charge in [-0.3, -0.25) is 0 Å². The van der Waals surface area contributed by atoms with Crippen molar-refractivity contribution in [2.24, 2.45) is 11.8 Å². The summed E-state index contributed by atoms with van der Waals surface area (Å²) < 4.78 is 39.1. The minimum Gasteiger partial charge on any atom is -0.381 e. The summed E-state index contributed by atoms with van der Waals surface area (Å²) in [5.41, 5.74) is -0.669. The molecule has 0 aromatic heterocycles. The molecule has 2 aliphatic rings. The largest absolute Gasteiger partial charge is 0.418 e. The maximum absolute atomic E-state index is 13.0. The van der Waals surface area contributed by atoms with Crippen molar-refractivity contribution in [1.29, 1.82) is 5.26 Å². The van der Waals surface area contributed by atoms with Gasteiger partial charge < -0.3 is 5.32 Å². The van der Waals surface area contributed by atoms with Crippen LogP contribution in [0.3, 0.4) is 0 Å². The van der Waals surface area contributed by atoms with E-state index >= 15 is 0 Å². The number of halogens is 3. The number of nitrogens with zero attached hydrogens (tertiary/aromatic N) is 1. The maximum Gasteiger partial charge on any atom is 0.418 e. The van der Waals surface area contributed by atoms with E-state index in [1.54, 1.807) is 6.07 Å². The van der Waals surface area contributed by atoms with Crippen LogP contribution < -0.4 is 5.32 Å². The van der Waals surface area contributed by atoms with Crippen LogP contribution in [0.25, 0.3) is 0 Å². The summed E-state index contributed by atoms with van der Waals surface area (Å²) in [4.78, 5) is 0. The average Bonchev–Trinajstić information content (AvgIpc) is 2.76. The van der Waals surface area contributed by atoms with Crippen molar-refractivity contribution in [3.8, 4) is 6.07 Å². The van der Waals surface area contributed by atoms with Crippen LogP contribution in [0.2, 0.25) is 0 Å². The van der Waals surface area contributed by atoms with Crippen LogP contribution in [-0.4, -0.2) is 6.04 Å². The molecule has 3 atom stereocenters. The Labute approximate surface area is 114 Å². The number of nitrogens with one attached hydrogen (secondary N) is 1. The second-order valence-electron chi connectivity index (χ2n) is 5.36. The van der Waals surface area contributed by atoms with E-state index in [4.69, 9.17) is 5.26 Å². The first kappa shape index (κ1) is 13.0. The van der Waals surface area contributed by atoms with Crippen molar-refractivity contribution in [2.45, 2.75) is 25.1 Å². The van der Waals surface area contributed by atoms with Gasteiger partial charge in [0.05, 0.1) is 17.2 Å². The quantitative estimate of drug-likeness (QED) is 0.831. The molecule has 0 saturated heterocycles. The van der Waals surface area contributed by atoms with Gasteiger partial charge in [-0.25, -0.2) is 0 Å². The standard InChI is InChI=1S/C15H13F3N2/c16-15(17,18)12-6-9(8-19)4-5-13(12)20-14-7-10-2-1-3-11(10)14/h1,3-6,10-11,14,20H,2,7H2. The molecule has 2 aliphatic carbocycles. The van der Waals surface area contributed by atoms with Gasteiger partial charge in [0.25, 0.3) is 0 Å². The van der Waals surface area contributed by atoms with Gasteiger partial charge in [-0.2, -0.15) is 18.4 Å². The normalized spacial score (nSPS) is 27.6. The SMILES string of the molecule is N#Cc1ccc(NC2CC3CC=CC32)c(C(F)(F)F)c1. The van der Waals surface area contributed by atoms with Gasteiger partial charge in [-0.15, -0.1) is 0 Å². The van der Waals surface area contributed by atoms with Crippen molar-refractivity contribution in [3.05, 3.63) is 41.5 Å². The molecule has 0 bridgehead atoms. The third kappa shape index (κ3) is 2.15. The molecule has 0 radical (unpaired) electrons. The molecule has 0 heterocycles. The Morgan fingerprint density at radius 3 is 2.75 bits per heavy atom. The summed E-state index contributed by atoms with van der Waals surface area (Å²) in [5, 5.41) is 11.7.